The van der Waals surface area contributed by atoms with Crippen molar-refractivity contribution in [2.45, 2.75) is 13.8 Å². The van der Waals surface area contributed by atoms with Gasteiger partial charge in [-0.25, -0.2) is 4.52 Å². The Morgan fingerprint density at radius 3 is 2.93 bits per heavy atom. The van der Waals surface area contributed by atoms with Crippen LogP contribution in [0, 0.1) is 6.92 Å². The number of ketones is 1. The molecule has 0 aliphatic rings. The minimum absolute atomic E-state index is 0.0818. The summed E-state index contributed by atoms with van der Waals surface area (Å²) in [5.74, 6) is -0.00250. The Morgan fingerprint density at radius 1 is 1.57 bits per heavy atom. The Balaban J connectivity index is 2.93. The van der Waals surface area contributed by atoms with E-state index in [0.717, 1.165) is 0 Å². The van der Waals surface area contributed by atoms with Gasteiger partial charge in [0.15, 0.2) is 5.78 Å². The molecule has 0 atom stereocenters. The third-order valence-corrected chi connectivity index (χ3v) is 2.16. The van der Waals surface area contributed by atoms with Gasteiger partial charge in [-0.15, -0.1) is 0 Å². The largest absolute Gasteiger partial charge is 0.506 e. The van der Waals surface area contributed by atoms with Crippen molar-refractivity contribution in [3.63, 3.8) is 0 Å². The van der Waals surface area contributed by atoms with Crippen LogP contribution in [-0.2, 0) is 0 Å². The molecule has 0 fully saturated rings. The number of aromatic nitrogens is 2. The Kier molecular flexibility index (Phi) is 1.77. The first kappa shape index (κ1) is 8.74. The van der Waals surface area contributed by atoms with Crippen LogP contribution in [0.15, 0.2) is 18.3 Å². The third kappa shape index (κ3) is 1.08. The van der Waals surface area contributed by atoms with E-state index in [0.29, 0.717) is 16.8 Å². The van der Waals surface area contributed by atoms with Crippen LogP contribution < -0.4 is 0 Å². The van der Waals surface area contributed by atoms with E-state index in [9.17, 15) is 9.90 Å². The second kappa shape index (κ2) is 2.83. The third-order valence-electron chi connectivity index (χ3n) is 2.16. The first-order valence-corrected chi connectivity index (χ1v) is 4.29. The standard InChI is InChI=1S/C10H10N2O2/c1-6-9(7(2)13)10-8(14)4-3-5-12(10)11-6/h3-5,14H,1-2H3. The quantitative estimate of drug-likeness (QED) is 0.694. The van der Waals surface area contributed by atoms with Crippen LogP contribution >= 0.6 is 0 Å². The lowest BCUT2D eigenvalue weighted by Crippen LogP contribution is -1.93. The van der Waals surface area contributed by atoms with E-state index in [1.807, 2.05) is 0 Å². The molecular formula is C10H10N2O2. The van der Waals surface area contributed by atoms with Crippen molar-refractivity contribution in [1.29, 1.82) is 0 Å². The van der Waals surface area contributed by atoms with Gasteiger partial charge >= 0.3 is 0 Å². The van der Waals surface area contributed by atoms with E-state index >= 15 is 0 Å². The van der Waals surface area contributed by atoms with Gasteiger partial charge in [-0.2, -0.15) is 5.10 Å². The average molecular weight is 190 g/mol. The number of pyridine rings is 1. The molecule has 0 aliphatic heterocycles. The van der Waals surface area contributed by atoms with Crippen LogP contribution in [0.2, 0.25) is 0 Å². The summed E-state index contributed by atoms with van der Waals surface area (Å²) in [6.07, 6.45) is 1.70. The number of nitrogens with zero attached hydrogens (tertiary/aromatic N) is 2. The van der Waals surface area contributed by atoms with Gasteiger partial charge in [0.25, 0.3) is 0 Å². The molecule has 14 heavy (non-hydrogen) atoms. The fraction of sp³-hybridized carbons (Fsp3) is 0.200. The maximum Gasteiger partial charge on any atom is 0.164 e. The Bertz CT molecular complexity index is 514. The van der Waals surface area contributed by atoms with Crippen LogP contribution in [0.3, 0.4) is 0 Å². The van der Waals surface area contributed by atoms with E-state index in [1.54, 1.807) is 25.3 Å². The minimum Gasteiger partial charge on any atom is -0.506 e. The van der Waals surface area contributed by atoms with E-state index in [2.05, 4.69) is 5.10 Å². The fourth-order valence-corrected chi connectivity index (χ4v) is 1.62. The number of hydrogen-bond acceptors (Lipinski definition) is 3. The second-order valence-corrected chi connectivity index (χ2v) is 3.20. The van der Waals surface area contributed by atoms with Crippen molar-refractivity contribution in [2.24, 2.45) is 0 Å². The summed E-state index contributed by atoms with van der Waals surface area (Å²) in [4.78, 5) is 11.3. The van der Waals surface area contributed by atoms with Crippen molar-refractivity contribution in [2.75, 3.05) is 0 Å². The predicted octanol–water partition coefficient (Wildman–Crippen LogP) is 1.55. The van der Waals surface area contributed by atoms with Crippen molar-refractivity contribution < 1.29 is 9.90 Å². The summed E-state index contributed by atoms with van der Waals surface area (Å²) in [5, 5.41) is 13.7. The number of Topliss-reactive ketones (excluding diaryl/α,β-unsaturated/α-hetero) is 1. The van der Waals surface area contributed by atoms with Gasteiger partial charge < -0.3 is 5.11 Å². The van der Waals surface area contributed by atoms with Crippen molar-refractivity contribution in [3.8, 4) is 5.75 Å². The van der Waals surface area contributed by atoms with Crippen molar-refractivity contribution in [3.05, 3.63) is 29.6 Å². The normalized spacial score (nSPS) is 10.7. The lowest BCUT2D eigenvalue weighted by molar-refractivity contribution is 0.101. The number of fused-ring (bicyclic) bond motifs is 1. The van der Waals surface area contributed by atoms with Gasteiger partial charge in [-0.05, 0) is 26.0 Å². The van der Waals surface area contributed by atoms with Crippen LogP contribution in [0.25, 0.3) is 5.52 Å². The maximum absolute atomic E-state index is 11.3. The molecule has 72 valence electrons. The Morgan fingerprint density at radius 2 is 2.29 bits per heavy atom. The highest BCUT2D eigenvalue weighted by Crippen LogP contribution is 2.24. The smallest absolute Gasteiger partial charge is 0.164 e. The number of carbonyl (C=O) groups is 1. The highest BCUT2D eigenvalue weighted by molar-refractivity contribution is 6.03. The van der Waals surface area contributed by atoms with Gasteiger partial charge in [0.05, 0.1) is 11.3 Å². The molecule has 2 rings (SSSR count). The molecule has 2 heterocycles. The molecule has 0 aliphatic carbocycles. The topological polar surface area (TPSA) is 54.6 Å². The summed E-state index contributed by atoms with van der Waals surface area (Å²) in [6, 6.07) is 3.22. The molecule has 0 radical (unpaired) electrons. The molecule has 2 aromatic rings. The SMILES string of the molecule is CC(=O)c1c(C)nn2cccc(O)c12. The summed E-state index contributed by atoms with van der Waals surface area (Å²) < 4.78 is 1.52. The zero-order chi connectivity index (χ0) is 10.3. The van der Waals surface area contributed by atoms with E-state index < -0.39 is 0 Å². The van der Waals surface area contributed by atoms with Gasteiger partial charge in [0.2, 0.25) is 0 Å². The molecule has 0 unspecified atom stereocenters. The van der Waals surface area contributed by atoms with Crippen molar-refractivity contribution in [1.82, 2.24) is 9.61 Å². The molecule has 0 saturated heterocycles. The highest BCUT2D eigenvalue weighted by atomic mass is 16.3. The first-order chi connectivity index (χ1) is 6.61. The minimum atomic E-state index is -0.0843. The number of carbonyl (C=O) groups excluding carboxylic acids is 1. The average Bonchev–Trinajstić information content (AvgIpc) is 2.42. The van der Waals surface area contributed by atoms with E-state index in [4.69, 9.17) is 0 Å². The summed E-state index contributed by atoms with van der Waals surface area (Å²) in [5.41, 5.74) is 1.61. The van der Waals surface area contributed by atoms with Gasteiger partial charge in [-0.3, -0.25) is 4.79 Å². The summed E-state index contributed by atoms with van der Waals surface area (Å²) in [6.45, 7) is 3.22. The Labute approximate surface area is 80.8 Å². The number of hydrogen-bond donors (Lipinski definition) is 1. The molecule has 4 heteroatoms. The molecule has 1 N–H and O–H groups in total. The Hall–Kier alpha value is -1.84. The molecular weight excluding hydrogens is 180 g/mol. The monoisotopic (exact) mass is 190 g/mol. The zero-order valence-corrected chi connectivity index (χ0v) is 7.98. The maximum atomic E-state index is 11.3. The van der Waals surface area contributed by atoms with Gasteiger partial charge in [-0.1, -0.05) is 0 Å². The van der Waals surface area contributed by atoms with Gasteiger partial charge in [0, 0.05) is 6.20 Å². The molecule has 2 aromatic heterocycles. The molecule has 0 amide bonds. The molecule has 4 nitrogen and oxygen atoms in total. The highest BCUT2D eigenvalue weighted by Gasteiger charge is 2.15. The van der Waals surface area contributed by atoms with E-state index in [-0.39, 0.29) is 11.5 Å². The zero-order valence-electron chi connectivity index (χ0n) is 7.98. The van der Waals surface area contributed by atoms with Crippen LogP contribution in [0.5, 0.6) is 5.75 Å². The van der Waals surface area contributed by atoms with Crippen LogP contribution in [-0.4, -0.2) is 20.5 Å². The molecule has 0 bridgehead atoms. The van der Waals surface area contributed by atoms with E-state index in [1.165, 1.54) is 11.4 Å². The number of aryl methyl sites for hydroxylation is 1. The lowest BCUT2D eigenvalue weighted by Gasteiger charge is -1.97. The first-order valence-electron chi connectivity index (χ1n) is 4.29. The number of rotatable bonds is 1. The molecule has 0 spiro atoms. The summed E-state index contributed by atoms with van der Waals surface area (Å²) in [7, 11) is 0. The van der Waals surface area contributed by atoms with Crippen LogP contribution in [0.1, 0.15) is 23.0 Å². The lowest BCUT2D eigenvalue weighted by atomic mass is 10.1. The van der Waals surface area contributed by atoms with Crippen molar-refractivity contribution >= 4 is 11.3 Å². The molecule has 0 aromatic carbocycles. The van der Waals surface area contributed by atoms with Gasteiger partial charge in [0.1, 0.15) is 11.3 Å². The predicted molar refractivity (Wildman–Crippen MR) is 51.6 cm³/mol. The summed E-state index contributed by atoms with van der Waals surface area (Å²) >= 11 is 0. The second-order valence-electron chi connectivity index (χ2n) is 3.20. The molecule has 0 saturated carbocycles. The fourth-order valence-electron chi connectivity index (χ4n) is 1.62. The van der Waals surface area contributed by atoms with Crippen LogP contribution in [0.4, 0.5) is 0 Å². The number of aromatic hydroxyl groups is 1.